The fourth-order valence-corrected chi connectivity index (χ4v) is 5.99. The van der Waals surface area contributed by atoms with Crippen molar-refractivity contribution in [3.63, 3.8) is 0 Å². The van der Waals surface area contributed by atoms with Crippen molar-refractivity contribution in [1.29, 1.82) is 0 Å². The summed E-state index contributed by atoms with van der Waals surface area (Å²) in [5, 5.41) is 19.3. The van der Waals surface area contributed by atoms with Crippen LogP contribution in [0.2, 0.25) is 0 Å². The molecular weight excluding hydrogens is 528 g/mol. The molecule has 1 atom stereocenters. The van der Waals surface area contributed by atoms with Crippen molar-refractivity contribution in [2.45, 2.75) is 38.7 Å². The third kappa shape index (κ3) is 5.67. The second-order valence-electron chi connectivity index (χ2n) is 9.47. The van der Waals surface area contributed by atoms with E-state index in [0.29, 0.717) is 27.4 Å². The van der Waals surface area contributed by atoms with Crippen LogP contribution in [-0.4, -0.2) is 35.1 Å². The fourth-order valence-electron chi connectivity index (χ4n) is 4.70. The molecule has 0 aliphatic heterocycles. The number of hydrogen-bond acceptors (Lipinski definition) is 7. The van der Waals surface area contributed by atoms with Crippen LogP contribution in [0.15, 0.2) is 65.8 Å². The Labute approximate surface area is 234 Å². The first-order chi connectivity index (χ1) is 19.3. The van der Waals surface area contributed by atoms with Crippen LogP contribution in [0.5, 0.6) is 11.5 Å². The quantitative estimate of drug-likeness (QED) is 0.183. The number of nitrogens with one attached hydrogen (secondary N) is 2. The van der Waals surface area contributed by atoms with E-state index in [1.54, 1.807) is 43.3 Å². The Morgan fingerprint density at radius 3 is 2.58 bits per heavy atom. The second-order valence-corrected chi connectivity index (χ2v) is 10.6. The van der Waals surface area contributed by atoms with Gasteiger partial charge in [0.2, 0.25) is 0 Å². The Balaban J connectivity index is 1.19. The number of thiophene rings is 1. The molecule has 40 heavy (non-hydrogen) atoms. The Morgan fingerprint density at radius 1 is 1.05 bits per heavy atom. The standard InChI is InChI=1S/C30H28N4O5S/c1-17(28(37)34-32-16-23-21-7-3-2-6-18(21)12-15-24(23)35)39-20-13-10-19(11-14-20)29(38)33-30-26(27(31)36)22-8-4-5-9-25(22)40-30/h2-3,6-7,10-17,35H,4-5,8-9H2,1H3,(H2,31,36)(H,33,38)(H,34,37). The monoisotopic (exact) mass is 556 g/mol. The van der Waals surface area contributed by atoms with Gasteiger partial charge in [0.25, 0.3) is 17.7 Å². The highest BCUT2D eigenvalue weighted by molar-refractivity contribution is 7.17. The van der Waals surface area contributed by atoms with Gasteiger partial charge in [0.05, 0.1) is 11.8 Å². The second kappa shape index (κ2) is 11.6. The number of amides is 3. The first-order valence-corrected chi connectivity index (χ1v) is 13.7. The number of rotatable bonds is 8. The van der Waals surface area contributed by atoms with Crippen LogP contribution < -0.4 is 21.2 Å². The van der Waals surface area contributed by atoms with Gasteiger partial charge in [-0.25, -0.2) is 5.43 Å². The number of primary amides is 1. The first-order valence-electron chi connectivity index (χ1n) is 12.9. The van der Waals surface area contributed by atoms with Crippen molar-refractivity contribution < 1.29 is 24.2 Å². The number of hydrazone groups is 1. The normalized spacial score (nSPS) is 13.5. The lowest BCUT2D eigenvalue weighted by Gasteiger charge is -2.13. The van der Waals surface area contributed by atoms with E-state index < -0.39 is 17.9 Å². The van der Waals surface area contributed by atoms with Gasteiger partial charge >= 0.3 is 0 Å². The highest BCUT2D eigenvalue weighted by atomic mass is 32.1. The van der Waals surface area contributed by atoms with Crippen LogP contribution in [0.1, 0.15) is 56.5 Å². The molecule has 5 rings (SSSR count). The SMILES string of the molecule is CC(Oc1ccc(C(=O)Nc2sc3c(c2C(N)=O)CCCC3)cc1)C(=O)NN=Cc1c(O)ccc2ccccc12. The summed E-state index contributed by atoms with van der Waals surface area (Å²) in [6.07, 6.45) is 4.23. The molecule has 4 aromatic rings. The van der Waals surface area contributed by atoms with Crippen LogP contribution in [0.25, 0.3) is 10.8 Å². The number of ether oxygens (including phenoxy) is 1. The van der Waals surface area contributed by atoms with Crippen LogP contribution in [0.3, 0.4) is 0 Å². The summed E-state index contributed by atoms with van der Waals surface area (Å²) < 4.78 is 5.71. The van der Waals surface area contributed by atoms with Crippen LogP contribution in [-0.2, 0) is 17.6 Å². The summed E-state index contributed by atoms with van der Waals surface area (Å²) in [6.45, 7) is 1.57. The maximum atomic E-state index is 12.9. The molecule has 0 fully saturated rings. The topological polar surface area (TPSA) is 143 Å². The van der Waals surface area contributed by atoms with E-state index in [-0.39, 0.29) is 11.7 Å². The summed E-state index contributed by atoms with van der Waals surface area (Å²) in [5.74, 6) is -0.958. The highest BCUT2D eigenvalue weighted by Crippen LogP contribution is 2.38. The zero-order valence-corrected chi connectivity index (χ0v) is 22.6. The Hall–Kier alpha value is -4.70. The molecule has 5 N–H and O–H groups in total. The van der Waals surface area contributed by atoms with E-state index in [2.05, 4.69) is 15.8 Å². The molecule has 0 saturated carbocycles. The molecule has 0 radical (unpaired) electrons. The Kier molecular flexibility index (Phi) is 7.79. The summed E-state index contributed by atoms with van der Waals surface area (Å²) in [4.78, 5) is 38.6. The van der Waals surface area contributed by atoms with Crippen molar-refractivity contribution in [2.24, 2.45) is 10.8 Å². The number of carbonyl (C=O) groups is 3. The van der Waals surface area contributed by atoms with Crippen LogP contribution >= 0.6 is 11.3 Å². The highest BCUT2D eigenvalue weighted by Gasteiger charge is 2.25. The average molecular weight is 557 g/mol. The maximum Gasteiger partial charge on any atom is 0.280 e. The summed E-state index contributed by atoms with van der Waals surface area (Å²) in [5.41, 5.74) is 10.3. The van der Waals surface area contributed by atoms with Gasteiger partial charge in [-0.3, -0.25) is 14.4 Å². The average Bonchev–Trinajstić information content (AvgIpc) is 3.32. The minimum absolute atomic E-state index is 0.0506. The van der Waals surface area contributed by atoms with Gasteiger partial charge in [0, 0.05) is 16.0 Å². The van der Waals surface area contributed by atoms with E-state index in [1.807, 2.05) is 24.3 Å². The third-order valence-corrected chi connectivity index (χ3v) is 7.97. The Morgan fingerprint density at radius 2 is 1.80 bits per heavy atom. The van der Waals surface area contributed by atoms with Crippen molar-refractivity contribution in [1.82, 2.24) is 5.43 Å². The van der Waals surface area contributed by atoms with E-state index in [4.69, 9.17) is 10.5 Å². The zero-order chi connectivity index (χ0) is 28.2. The molecular formula is C30H28N4O5S. The number of nitrogens with two attached hydrogens (primary N) is 1. The van der Waals surface area contributed by atoms with Crippen molar-refractivity contribution in [2.75, 3.05) is 5.32 Å². The number of fused-ring (bicyclic) bond motifs is 2. The Bertz CT molecular complexity index is 1630. The number of nitrogens with zero attached hydrogens (tertiary/aromatic N) is 1. The lowest BCUT2D eigenvalue weighted by Crippen LogP contribution is -2.33. The molecule has 3 aromatic carbocycles. The molecule has 1 unspecified atom stereocenters. The number of benzene rings is 3. The minimum Gasteiger partial charge on any atom is -0.507 e. The van der Waals surface area contributed by atoms with Gasteiger partial charge in [0.1, 0.15) is 16.5 Å². The number of phenolic OH excluding ortho intramolecular Hbond substituents is 1. The van der Waals surface area contributed by atoms with Gasteiger partial charge in [0.15, 0.2) is 6.10 Å². The molecule has 3 amide bonds. The van der Waals surface area contributed by atoms with Crippen molar-refractivity contribution in [3.05, 3.63) is 87.8 Å². The zero-order valence-electron chi connectivity index (χ0n) is 21.8. The number of aromatic hydroxyl groups is 1. The maximum absolute atomic E-state index is 12.9. The van der Waals surface area contributed by atoms with Gasteiger partial charge in [-0.2, -0.15) is 5.10 Å². The lowest BCUT2D eigenvalue weighted by atomic mass is 9.95. The number of carbonyl (C=O) groups excluding carboxylic acids is 3. The fraction of sp³-hybridized carbons (Fsp3) is 0.200. The van der Waals surface area contributed by atoms with Gasteiger partial charge in [-0.05, 0) is 79.3 Å². The van der Waals surface area contributed by atoms with E-state index in [9.17, 15) is 19.5 Å². The molecule has 10 heteroatoms. The molecule has 9 nitrogen and oxygen atoms in total. The van der Waals surface area contributed by atoms with Crippen molar-refractivity contribution >= 4 is 51.0 Å². The third-order valence-electron chi connectivity index (χ3n) is 6.76. The van der Waals surface area contributed by atoms with Crippen molar-refractivity contribution in [3.8, 4) is 11.5 Å². The van der Waals surface area contributed by atoms with Gasteiger partial charge in [-0.15, -0.1) is 11.3 Å². The smallest absolute Gasteiger partial charge is 0.280 e. The first kappa shape index (κ1) is 26.9. The van der Waals surface area contributed by atoms with E-state index in [0.717, 1.165) is 46.9 Å². The van der Waals surface area contributed by atoms with Gasteiger partial charge < -0.3 is 20.9 Å². The summed E-state index contributed by atoms with van der Waals surface area (Å²) in [6, 6.07) is 17.2. The number of phenols is 1. The molecule has 1 aliphatic carbocycles. The molecule has 0 spiro atoms. The largest absolute Gasteiger partial charge is 0.507 e. The number of aryl methyl sites for hydroxylation is 1. The lowest BCUT2D eigenvalue weighted by molar-refractivity contribution is -0.127. The van der Waals surface area contributed by atoms with Crippen LogP contribution in [0, 0.1) is 0 Å². The minimum atomic E-state index is -0.881. The van der Waals surface area contributed by atoms with Gasteiger partial charge in [-0.1, -0.05) is 30.3 Å². The van der Waals surface area contributed by atoms with E-state index in [1.165, 1.54) is 17.6 Å². The van der Waals surface area contributed by atoms with E-state index >= 15 is 0 Å². The molecule has 1 heterocycles. The predicted molar refractivity (Wildman–Crippen MR) is 155 cm³/mol. The predicted octanol–water partition coefficient (Wildman–Crippen LogP) is 4.75. The summed E-state index contributed by atoms with van der Waals surface area (Å²) >= 11 is 1.41. The summed E-state index contributed by atoms with van der Waals surface area (Å²) in [7, 11) is 0. The molecule has 1 aliphatic rings. The molecule has 204 valence electrons. The molecule has 1 aromatic heterocycles. The van der Waals surface area contributed by atoms with Crippen LogP contribution in [0.4, 0.5) is 5.00 Å². The molecule has 0 bridgehead atoms. The molecule has 0 saturated heterocycles. The number of hydrogen-bond donors (Lipinski definition) is 4. The number of anilines is 1.